The lowest BCUT2D eigenvalue weighted by molar-refractivity contribution is -0.385. The van der Waals surface area contributed by atoms with Gasteiger partial charge in [0, 0.05) is 11.8 Å². The lowest BCUT2D eigenvalue weighted by Crippen LogP contribution is -1.99. The quantitative estimate of drug-likeness (QED) is 0.655. The number of pyridine rings is 1. The average molecular weight is 338 g/mol. The summed E-state index contributed by atoms with van der Waals surface area (Å²) in [6.07, 6.45) is 1.14. The first-order valence-corrected chi connectivity index (χ1v) is 6.17. The van der Waals surface area contributed by atoms with Gasteiger partial charge < -0.3 is 10.4 Å². The Morgan fingerprint density at radius 2 is 2.00 bits per heavy atom. The van der Waals surface area contributed by atoms with E-state index in [9.17, 15) is 14.9 Å². The summed E-state index contributed by atoms with van der Waals surface area (Å²) in [6.45, 7) is 0. The van der Waals surface area contributed by atoms with Crippen molar-refractivity contribution in [2.24, 2.45) is 0 Å². The van der Waals surface area contributed by atoms with E-state index in [2.05, 4.69) is 26.2 Å². The second kappa shape index (κ2) is 5.66. The van der Waals surface area contributed by atoms with Crippen LogP contribution in [-0.4, -0.2) is 21.0 Å². The fourth-order valence-corrected chi connectivity index (χ4v) is 1.89. The normalized spacial score (nSPS) is 10.1. The van der Waals surface area contributed by atoms with E-state index in [-0.39, 0.29) is 11.3 Å². The van der Waals surface area contributed by atoms with Crippen LogP contribution in [0.25, 0.3) is 0 Å². The molecule has 0 aliphatic rings. The molecule has 0 aliphatic carbocycles. The van der Waals surface area contributed by atoms with Gasteiger partial charge >= 0.3 is 5.97 Å². The first-order valence-electron chi connectivity index (χ1n) is 5.37. The van der Waals surface area contributed by atoms with E-state index in [4.69, 9.17) is 5.11 Å². The molecule has 0 unspecified atom stereocenters. The Morgan fingerprint density at radius 1 is 1.35 bits per heavy atom. The van der Waals surface area contributed by atoms with Crippen molar-refractivity contribution in [1.82, 2.24) is 4.98 Å². The largest absolute Gasteiger partial charge is 0.478 e. The minimum Gasteiger partial charge on any atom is -0.478 e. The minimum absolute atomic E-state index is 0.122. The molecule has 1 aromatic carbocycles. The van der Waals surface area contributed by atoms with Crippen LogP contribution in [0, 0.1) is 10.1 Å². The van der Waals surface area contributed by atoms with Crippen LogP contribution in [0.15, 0.2) is 41.0 Å². The smallest absolute Gasteiger partial charge is 0.335 e. The highest BCUT2D eigenvalue weighted by Crippen LogP contribution is 2.27. The number of anilines is 2. The zero-order valence-corrected chi connectivity index (χ0v) is 11.5. The Labute approximate surface area is 121 Å². The molecule has 0 amide bonds. The highest BCUT2D eigenvalue weighted by Gasteiger charge is 2.11. The van der Waals surface area contributed by atoms with Gasteiger partial charge in [0.15, 0.2) is 0 Å². The van der Waals surface area contributed by atoms with Gasteiger partial charge in [-0.25, -0.2) is 9.78 Å². The third-order valence-electron chi connectivity index (χ3n) is 2.43. The molecule has 0 atom stereocenters. The zero-order valence-electron chi connectivity index (χ0n) is 9.91. The van der Waals surface area contributed by atoms with Crippen LogP contribution in [0.5, 0.6) is 0 Å². The molecule has 102 valence electrons. The first kappa shape index (κ1) is 13.9. The molecule has 0 fully saturated rings. The maximum atomic E-state index is 10.7. The molecule has 0 saturated heterocycles. The predicted octanol–water partition coefficient (Wildman–Crippen LogP) is 3.19. The van der Waals surface area contributed by atoms with E-state index in [0.717, 1.165) is 6.20 Å². The molecular formula is C12H8BrN3O4. The molecule has 1 aromatic heterocycles. The molecule has 0 spiro atoms. The van der Waals surface area contributed by atoms with Crippen molar-refractivity contribution < 1.29 is 14.8 Å². The van der Waals surface area contributed by atoms with Crippen molar-refractivity contribution in [1.29, 1.82) is 0 Å². The number of carboxylic acid groups (broad SMARTS) is 1. The number of nitro groups is 1. The summed E-state index contributed by atoms with van der Waals surface area (Å²) >= 11 is 3.19. The minimum atomic E-state index is -1.01. The summed E-state index contributed by atoms with van der Waals surface area (Å²) < 4.78 is 0.439. The van der Waals surface area contributed by atoms with Gasteiger partial charge in [-0.05, 0) is 40.2 Å². The SMILES string of the molecule is O=C(O)c1ccc(Nc2ncc([N+](=O)[O-])cc2Br)cc1. The van der Waals surface area contributed by atoms with E-state index >= 15 is 0 Å². The standard InChI is InChI=1S/C12H8BrN3O4/c13-10-5-9(16(19)20)6-14-11(10)15-8-3-1-7(2-4-8)12(17)18/h1-6H,(H,14,15)(H,17,18). The number of aromatic carboxylic acids is 1. The van der Waals surface area contributed by atoms with Gasteiger partial charge in [0.25, 0.3) is 5.69 Å². The van der Waals surface area contributed by atoms with Crippen LogP contribution in [0.2, 0.25) is 0 Å². The molecule has 2 aromatic rings. The van der Waals surface area contributed by atoms with Gasteiger partial charge in [0.05, 0.1) is 15.0 Å². The van der Waals surface area contributed by atoms with E-state index < -0.39 is 10.9 Å². The molecule has 8 heteroatoms. The van der Waals surface area contributed by atoms with Gasteiger partial charge in [0.1, 0.15) is 12.0 Å². The Hall–Kier alpha value is -2.48. The van der Waals surface area contributed by atoms with Crippen molar-refractivity contribution in [3.8, 4) is 0 Å². The van der Waals surface area contributed by atoms with Gasteiger partial charge in [-0.1, -0.05) is 0 Å². The number of halogens is 1. The maximum absolute atomic E-state index is 10.7. The van der Waals surface area contributed by atoms with Crippen LogP contribution in [0.3, 0.4) is 0 Å². The zero-order chi connectivity index (χ0) is 14.7. The Morgan fingerprint density at radius 3 is 2.50 bits per heavy atom. The molecular weight excluding hydrogens is 330 g/mol. The van der Waals surface area contributed by atoms with Gasteiger partial charge in [-0.3, -0.25) is 10.1 Å². The van der Waals surface area contributed by atoms with E-state index in [1.807, 2.05) is 0 Å². The Bertz CT molecular complexity index is 673. The second-order valence-corrected chi connectivity index (χ2v) is 4.64. The van der Waals surface area contributed by atoms with E-state index in [0.29, 0.717) is 16.0 Å². The maximum Gasteiger partial charge on any atom is 0.335 e. The Kier molecular flexibility index (Phi) is 3.94. The Balaban J connectivity index is 2.21. The lowest BCUT2D eigenvalue weighted by atomic mass is 10.2. The summed E-state index contributed by atoms with van der Waals surface area (Å²) in [6, 6.07) is 7.40. The fourth-order valence-electron chi connectivity index (χ4n) is 1.45. The molecule has 0 bridgehead atoms. The molecule has 0 radical (unpaired) electrons. The summed E-state index contributed by atoms with van der Waals surface area (Å²) in [7, 11) is 0. The van der Waals surface area contributed by atoms with Gasteiger partial charge in [0.2, 0.25) is 0 Å². The summed E-state index contributed by atoms with van der Waals surface area (Å²) in [5, 5.41) is 22.3. The fraction of sp³-hybridized carbons (Fsp3) is 0. The number of carboxylic acids is 1. The van der Waals surface area contributed by atoms with Crippen molar-refractivity contribution in [3.63, 3.8) is 0 Å². The molecule has 7 nitrogen and oxygen atoms in total. The monoisotopic (exact) mass is 337 g/mol. The highest BCUT2D eigenvalue weighted by atomic mass is 79.9. The summed E-state index contributed by atoms with van der Waals surface area (Å²) in [5.74, 6) is -0.607. The number of hydrogen-bond acceptors (Lipinski definition) is 5. The number of hydrogen-bond donors (Lipinski definition) is 2. The van der Waals surface area contributed by atoms with Gasteiger partial charge in [-0.15, -0.1) is 0 Å². The van der Waals surface area contributed by atoms with Crippen LogP contribution in [-0.2, 0) is 0 Å². The number of nitrogens with zero attached hydrogens (tertiary/aromatic N) is 2. The van der Waals surface area contributed by atoms with Crippen molar-refractivity contribution in [3.05, 3.63) is 56.7 Å². The molecule has 2 N–H and O–H groups in total. The lowest BCUT2D eigenvalue weighted by Gasteiger charge is -2.07. The summed E-state index contributed by atoms with van der Waals surface area (Å²) in [5.41, 5.74) is 0.673. The number of rotatable bonds is 4. The second-order valence-electron chi connectivity index (χ2n) is 3.79. The van der Waals surface area contributed by atoms with Crippen molar-refractivity contribution in [2.45, 2.75) is 0 Å². The molecule has 20 heavy (non-hydrogen) atoms. The number of aromatic nitrogens is 1. The number of benzene rings is 1. The van der Waals surface area contributed by atoms with E-state index in [1.54, 1.807) is 12.1 Å². The third-order valence-corrected chi connectivity index (χ3v) is 3.04. The first-order chi connectivity index (χ1) is 9.47. The third kappa shape index (κ3) is 3.09. The van der Waals surface area contributed by atoms with Crippen LogP contribution < -0.4 is 5.32 Å². The predicted molar refractivity (Wildman–Crippen MR) is 75.3 cm³/mol. The molecule has 0 saturated carbocycles. The van der Waals surface area contributed by atoms with Crippen molar-refractivity contribution >= 4 is 39.1 Å². The highest BCUT2D eigenvalue weighted by molar-refractivity contribution is 9.10. The molecule has 2 rings (SSSR count). The topological polar surface area (TPSA) is 105 Å². The molecule has 1 heterocycles. The van der Waals surface area contributed by atoms with Crippen LogP contribution in [0.1, 0.15) is 10.4 Å². The van der Waals surface area contributed by atoms with Crippen LogP contribution in [0.4, 0.5) is 17.2 Å². The average Bonchev–Trinajstić information content (AvgIpc) is 2.41. The van der Waals surface area contributed by atoms with Crippen LogP contribution >= 0.6 is 15.9 Å². The number of carbonyl (C=O) groups is 1. The van der Waals surface area contributed by atoms with E-state index in [1.165, 1.54) is 18.2 Å². The summed E-state index contributed by atoms with van der Waals surface area (Å²) in [4.78, 5) is 24.7. The van der Waals surface area contributed by atoms with Crippen molar-refractivity contribution in [2.75, 3.05) is 5.32 Å². The van der Waals surface area contributed by atoms with Gasteiger partial charge in [-0.2, -0.15) is 0 Å². The number of nitrogens with one attached hydrogen (secondary N) is 1. The molecule has 0 aliphatic heterocycles.